The number of rotatable bonds is 3. The second-order valence-electron chi connectivity index (χ2n) is 4.13. The molecule has 0 saturated heterocycles. The van der Waals surface area contributed by atoms with E-state index in [1.54, 1.807) is 0 Å². The van der Waals surface area contributed by atoms with Crippen molar-refractivity contribution in [3.8, 4) is 11.5 Å². The summed E-state index contributed by atoms with van der Waals surface area (Å²) < 4.78 is 5.98. The average Bonchev–Trinajstić information content (AvgIpc) is 2.34. The van der Waals surface area contributed by atoms with E-state index in [0.29, 0.717) is 6.54 Å². The molecule has 0 aliphatic heterocycles. The smallest absolute Gasteiger partial charge is 0.133 e. The van der Waals surface area contributed by atoms with Crippen LogP contribution >= 0.6 is 0 Å². The van der Waals surface area contributed by atoms with Crippen LogP contribution in [0.1, 0.15) is 16.7 Å². The zero-order chi connectivity index (χ0) is 12.3. The number of aryl methyl sites for hydroxylation is 2. The Balaban J connectivity index is 2.38. The van der Waals surface area contributed by atoms with Gasteiger partial charge in [-0.15, -0.1) is 0 Å². The second-order valence-corrected chi connectivity index (χ2v) is 4.13. The van der Waals surface area contributed by atoms with Crippen LogP contribution in [-0.4, -0.2) is 0 Å². The third-order valence-electron chi connectivity index (χ3n) is 2.81. The molecule has 0 aromatic heterocycles. The molecule has 2 rings (SSSR count). The van der Waals surface area contributed by atoms with Crippen LogP contribution in [0.3, 0.4) is 0 Å². The topological polar surface area (TPSA) is 35.2 Å². The monoisotopic (exact) mass is 227 g/mol. The summed E-state index contributed by atoms with van der Waals surface area (Å²) in [7, 11) is 0. The van der Waals surface area contributed by atoms with Gasteiger partial charge in [-0.1, -0.05) is 36.4 Å². The molecule has 0 saturated carbocycles. The molecule has 0 heterocycles. The normalized spacial score (nSPS) is 10.3. The molecule has 0 amide bonds. The van der Waals surface area contributed by atoms with Gasteiger partial charge in [-0.2, -0.15) is 0 Å². The highest BCUT2D eigenvalue weighted by molar-refractivity contribution is 5.45. The third-order valence-corrected chi connectivity index (χ3v) is 2.81. The van der Waals surface area contributed by atoms with Gasteiger partial charge in [0.05, 0.1) is 0 Å². The van der Waals surface area contributed by atoms with Crippen LogP contribution in [-0.2, 0) is 6.54 Å². The fourth-order valence-corrected chi connectivity index (χ4v) is 1.84. The van der Waals surface area contributed by atoms with Gasteiger partial charge in [0.25, 0.3) is 0 Å². The first kappa shape index (κ1) is 11.7. The second kappa shape index (κ2) is 5.02. The molecule has 2 nitrogen and oxygen atoms in total. The van der Waals surface area contributed by atoms with Gasteiger partial charge in [0.1, 0.15) is 11.5 Å². The van der Waals surface area contributed by atoms with E-state index >= 15 is 0 Å². The summed E-state index contributed by atoms with van der Waals surface area (Å²) in [6, 6.07) is 14.0. The fourth-order valence-electron chi connectivity index (χ4n) is 1.84. The number of benzene rings is 2. The van der Waals surface area contributed by atoms with Crippen molar-refractivity contribution in [3.05, 3.63) is 59.2 Å². The van der Waals surface area contributed by atoms with E-state index in [9.17, 15) is 0 Å². The first-order chi connectivity index (χ1) is 8.22. The lowest BCUT2D eigenvalue weighted by atomic mass is 10.1. The minimum absolute atomic E-state index is 0.487. The highest BCUT2D eigenvalue weighted by atomic mass is 16.5. The summed E-state index contributed by atoms with van der Waals surface area (Å²) in [4.78, 5) is 0. The van der Waals surface area contributed by atoms with Crippen molar-refractivity contribution in [1.29, 1.82) is 0 Å². The van der Waals surface area contributed by atoms with Gasteiger partial charge in [0, 0.05) is 12.1 Å². The van der Waals surface area contributed by atoms with Crippen LogP contribution < -0.4 is 10.5 Å². The Morgan fingerprint density at radius 3 is 2.24 bits per heavy atom. The Morgan fingerprint density at radius 1 is 0.941 bits per heavy atom. The number of hydrogen-bond donors (Lipinski definition) is 1. The molecule has 0 spiro atoms. The molecule has 0 atom stereocenters. The van der Waals surface area contributed by atoms with E-state index < -0.39 is 0 Å². The van der Waals surface area contributed by atoms with Crippen molar-refractivity contribution in [3.63, 3.8) is 0 Å². The quantitative estimate of drug-likeness (QED) is 0.870. The van der Waals surface area contributed by atoms with E-state index in [2.05, 4.69) is 0 Å². The summed E-state index contributed by atoms with van der Waals surface area (Å²) in [5, 5.41) is 0. The lowest BCUT2D eigenvalue weighted by Gasteiger charge is -2.13. The predicted molar refractivity (Wildman–Crippen MR) is 70.3 cm³/mol. The van der Waals surface area contributed by atoms with Gasteiger partial charge < -0.3 is 10.5 Å². The van der Waals surface area contributed by atoms with Crippen molar-refractivity contribution in [2.75, 3.05) is 0 Å². The van der Waals surface area contributed by atoms with Crippen LogP contribution in [0.15, 0.2) is 42.5 Å². The Morgan fingerprint density at radius 2 is 1.59 bits per heavy atom. The molecular formula is C15H17NO. The largest absolute Gasteiger partial charge is 0.456 e. The molecule has 2 aromatic rings. The molecule has 88 valence electrons. The minimum Gasteiger partial charge on any atom is -0.456 e. The maximum Gasteiger partial charge on any atom is 0.133 e. The number of para-hydroxylation sites is 2. The van der Waals surface area contributed by atoms with Crippen LogP contribution in [0.2, 0.25) is 0 Å². The molecule has 0 unspecified atom stereocenters. The molecule has 0 fully saturated rings. The molecule has 0 radical (unpaired) electrons. The van der Waals surface area contributed by atoms with Gasteiger partial charge >= 0.3 is 0 Å². The molecule has 2 heteroatoms. The lowest BCUT2D eigenvalue weighted by Crippen LogP contribution is -2.00. The van der Waals surface area contributed by atoms with E-state index in [1.807, 2.05) is 56.3 Å². The number of hydrogen-bond acceptors (Lipinski definition) is 2. The number of ether oxygens (including phenoxy) is 1. The standard InChI is InChI=1S/C15H17NO/c1-11-6-5-7-12(2)15(11)17-14-9-4-3-8-13(14)10-16/h3-9H,10,16H2,1-2H3. The fraction of sp³-hybridized carbons (Fsp3) is 0.200. The van der Waals surface area contributed by atoms with Crippen molar-refractivity contribution >= 4 is 0 Å². The highest BCUT2D eigenvalue weighted by Crippen LogP contribution is 2.30. The summed E-state index contributed by atoms with van der Waals surface area (Å²) in [6.45, 7) is 4.59. The Labute approximate surface area is 102 Å². The average molecular weight is 227 g/mol. The van der Waals surface area contributed by atoms with Crippen molar-refractivity contribution in [1.82, 2.24) is 0 Å². The lowest BCUT2D eigenvalue weighted by molar-refractivity contribution is 0.469. The Hall–Kier alpha value is -1.80. The molecular weight excluding hydrogens is 210 g/mol. The number of nitrogens with two attached hydrogens (primary N) is 1. The van der Waals surface area contributed by atoms with Crippen LogP contribution in [0.25, 0.3) is 0 Å². The van der Waals surface area contributed by atoms with Gasteiger partial charge in [0.15, 0.2) is 0 Å². The van der Waals surface area contributed by atoms with E-state index in [1.165, 1.54) is 0 Å². The summed E-state index contributed by atoms with van der Waals surface area (Å²) in [5.74, 6) is 1.76. The summed E-state index contributed by atoms with van der Waals surface area (Å²) in [6.07, 6.45) is 0. The zero-order valence-corrected chi connectivity index (χ0v) is 10.2. The van der Waals surface area contributed by atoms with E-state index in [0.717, 1.165) is 28.2 Å². The minimum atomic E-state index is 0.487. The SMILES string of the molecule is Cc1cccc(C)c1Oc1ccccc1CN. The van der Waals surface area contributed by atoms with Crippen molar-refractivity contribution in [2.24, 2.45) is 5.73 Å². The molecule has 0 aliphatic carbocycles. The third kappa shape index (κ3) is 2.48. The van der Waals surface area contributed by atoms with E-state index in [-0.39, 0.29) is 0 Å². The molecule has 0 bridgehead atoms. The Bertz CT molecular complexity index is 500. The molecule has 17 heavy (non-hydrogen) atoms. The maximum absolute atomic E-state index is 5.98. The van der Waals surface area contributed by atoms with Gasteiger partial charge in [-0.25, -0.2) is 0 Å². The maximum atomic E-state index is 5.98. The first-order valence-corrected chi connectivity index (χ1v) is 5.74. The van der Waals surface area contributed by atoms with Gasteiger partial charge in [0.2, 0.25) is 0 Å². The summed E-state index contributed by atoms with van der Waals surface area (Å²) >= 11 is 0. The molecule has 2 N–H and O–H groups in total. The van der Waals surface area contributed by atoms with Crippen LogP contribution in [0, 0.1) is 13.8 Å². The highest BCUT2D eigenvalue weighted by Gasteiger charge is 2.07. The molecule has 0 aliphatic rings. The van der Waals surface area contributed by atoms with Crippen molar-refractivity contribution in [2.45, 2.75) is 20.4 Å². The van der Waals surface area contributed by atoms with E-state index in [4.69, 9.17) is 10.5 Å². The van der Waals surface area contributed by atoms with Crippen LogP contribution in [0.5, 0.6) is 11.5 Å². The van der Waals surface area contributed by atoms with Gasteiger partial charge in [-0.05, 0) is 31.0 Å². The first-order valence-electron chi connectivity index (χ1n) is 5.74. The van der Waals surface area contributed by atoms with Gasteiger partial charge in [-0.3, -0.25) is 0 Å². The predicted octanol–water partition coefficient (Wildman–Crippen LogP) is 3.55. The summed E-state index contributed by atoms with van der Waals surface area (Å²) in [5.41, 5.74) is 9.00. The van der Waals surface area contributed by atoms with Crippen molar-refractivity contribution < 1.29 is 4.74 Å². The Kier molecular flexibility index (Phi) is 3.45. The molecule has 2 aromatic carbocycles. The van der Waals surface area contributed by atoms with Crippen LogP contribution in [0.4, 0.5) is 0 Å². The zero-order valence-electron chi connectivity index (χ0n) is 10.2.